The minimum Gasteiger partial charge on any atom is -0.319 e. The molecule has 2 aromatic rings. The van der Waals surface area contributed by atoms with Crippen molar-refractivity contribution in [1.29, 1.82) is 0 Å². The third-order valence-corrected chi connectivity index (χ3v) is 7.18. The number of carbonyl (C=O) groups is 1. The number of thiazole rings is 1. The van der Waals surface area contributed by atoms with Crippen molar-refractivity contribution in [3.8, 4) is 0 Å². The van der Waals surface area contributed by atoms with Gasteiger partial charge in [0.1, 0.15) is 5.82 Å². The molecule has 0 spiro atoms. The van der Waals surface area contributed by atoms with Crippen molar-refractivity contribution in [3.05, 3.63) is 52.0 Å². The molecular formula is C18H22FN3O3S2. The average molecular weight is 412 g/mol. The van der Waals surface area contributed by atoms with Gasteiger partial charge in [-0.15, -0.1) is 11.3 Å². The van der Waals surface area contributed by atoms with E-state index < -0.39 is 10.0 Å². The van der Waals surface area contributed by atoms with Gasteiger partial charge in [-0.25, -0.2) is 17.1 Å². The summed E-state index contributed by atoms with van der Waals surface area (Å²) in [6, 6.07) is 6.47. The molecule has 0 bridgehead atoms. The highest BCUT2D eigenvalue weighted by Crippen LogP contribution is 2.14. The van der Waals surface area contributed by atoms with Gasteiger partial charge in [-0.1, -0.05) is 18.2 Å². The Bertz CT molecular complexity index is 960. The van der Waals surface area contributed by atoms with E-state index in [-0.39, 0.29) is 36.9 Å². The number of halogens is 1. The fourth-order valence-electron chi connectivity index (χ4n) is 2.98. The van der Waals surface area contributed by atoms with Crippen LogP contribution in [0.4, 0.5) is 4.39 Å². The lowest BCUT2D eigenvalue weighted by Gasteiger charge is -2.14. The summed E-state index contributed by atoms with van der Waals surface area (Å²) in [6.07, 6.45) is 3.87. The minimum absolute atomic E-state index is 0.0338. The summed E-state index contributed by atoms with van der Waals surface area (Å²) in [4.78, 5) is 16.7. The topological polar surface area (TPSA) is 71.7 Å². The molecule has 1 saturated heterocycles. The third-order valence-electron chi connectivity index (χ3n) is 4.43. The van der Waals surface area contributed by atoms with Crippen molar-refractivity contribution < 1.29 is 17.6 Å². The molecule has 2 heterocycles. The average Bonchev–Trinajstić information content (AvgIpc) is 3.30. The van der Waals surface area contributed by atoms with Crippen LogP contribution in [0.15, 0.2) is 40.8 Å². The number of aromatic nitrogens is 1. The molecule has 0 aliphatic carbocycles. The first kappa shape index (κ1) is 19.9. The number of nitrogens with zero attached hydrogens (tertiary/aromatic N) is 3. The van der Waals surface area contributed by atoms with Crippen molar-refractivity contribution in [3.63, 3.8) is 0 Å². The van der Waals surface area contributed by atoms with E-state index in [4.69, 9.17) is 0 Å². The zero-order valence-corrected chi connectivity index (χ0v) is 16.5. The highest BCUT2D eigenvalue weighted by molar-refractivity contribution is 7.89. The van der Waals surface area contributed by atoms with E-state index in [1.165, 1.54) is 21.7 Å². The Morgan fingerprint density at radius 1 is 1.22 bits per heavy atom. The van der Waals surface area contributed by atoms with Crippen LogP contribution in [0.2, 0.25) is 0 Å². The zero-order valence-electron chi connectivity index (χ0n) is 14.9. The first-order valence-electron chi connectivity index (χ1n) is 8.88. The first-order chi connectivity index (χ1) is 13.0. The molecule has 1 aromatic carbocycles. The molecule has 1 aromatic heterocycles. The summed E-state index contributed by atoms with van der Waals surface area (Å²) in [5, 5.41) is 1.78. The van der Waals surface area contributed by atoms with Gasteiger partial charge in [-0.3, -0.25) is 4.79 Å². The molecule has 1 aliphatic rings. The standard InChI is InChI=1S/C18H22FN3O3S2/c19-16-7-2-1-6-15(16)14-21-11-12-26-18(21)20-17(23)8-5-13-27(24,25)22-9-3-4-10-22/h1-2,6-7,11-12H,3-5,8-10,13-14H2. The second kappa shape index (κ2) is 8.90. The second-order valence-electron chi connectivity index (χ2n) is 6.44. The lowest BCUT2D eigenvalue weighted by molar-refractivity contribution is -0.118. The number of rotatable bonds is 7. The van der Waals surface area contributed by atoms with E-state index >= 15 is 0 Å². The van der Waals surface area contributed by atoms with Crippen molar-refractivity contribution in [2.24, 2.45) is 4.99 Å². The summed E-state index contributed by atoms with van der Waals surface area (Å²) in [7, 11) is -3.28. The minimum atomic E-state index is -3.28. The number of sulfonamides is 1. The first-order valence-corrected chi connectivity index (χ1v) is 11.4. The number of hydrogen-bond acceptors (Lipinski definition) is 4. The maximum atomic E-state index is 13.8. The van der Waals surface area contributed by atoms with Crippen LogP contribution in [0, 0.1) is 5.82 Å². The van der Waals surface area contributed by atoms with Gasteiger partial charge in [-0.05, 0) is 25.3 Å². The van der Waals surface area contributed by atoms with Gasteiger partial charge in [0, 0.05) is 36.7 Å². The highest BCUT2D eigenvalue weighted by atomic mass is 32.2. The Kier molecular flexibility index (Phi) is 6.56. The summed E-state index contributed by atoms with van der Waals surface area (Å²) in [6.45, 7) is 1.43. The Labute approximate surface area is 162 Å². The van der Waals surface area contributed by atoms with Crippen LogP contribution in [0.1, 0.15) is 31.2 Å². The molecule has 1 fully saturated rings. The normalized spacial score (nSPS) is 16.1. The SMILES string of the molecule is O=C(CCCS(=O)(=O)N1CCCC1)N=c1sccn1Cc1ccccc1F. The van der Waals surface area contributed by atoms with Gasteiger partial charge in [0.05, 0.1) is 12.3 Å². The fraction of sp³-hybridized carbons (Fsp3) is 0.444. The smallest absolute Gasteiger partial charge is 0.248 e. The molecule has 146 valence electrons. The molecular weight excluding hydrogens is 389 g/mol. The monoisotopic (exact) mass is 411 g/mol. The fourth-order valence-corrected chi connectivity index (χ4v) is 5.31. The Morgan fingerprint density at radius 2 is 1.96 bits per heavy atom. The lowest BCUT2D eigenvalue weighted by Crippen LogP contribution is -2.30. The maximum absolute atomic E-state index is 13.8. The molecule has 9 heteroatoms. The van der Waals surface area contributed by atoms with Crippen LogP contribution in [0.3, 0.4) is 0 Å². The van der Waals surface area contributed by atoms with Crippen molar-refractivity contribution >= 4 is 27.3 Å². The van der Waals surface area contributed by atoms with E-state index in [1.807, 2.05) is 0 Å². The Hall–Kier alpha value is -1.84. The number of hydrogen-bond donors (Lipinski definition) is 0. The maximum Gasteiger partial charge on any atom is 0.248 e. The van der Waals surface area contributed by atoms with Gasteiger partial charge in [0.2, 0.25) is 15.9 Å². The molecule has 6 nitrogen and oxygen atoms in total. The summed E-state index contributed by atoms with van der Waals surface area (Å²) >= 11 is 1.29. The Balaban J connectivity index is 1.59. The van der Waals surface area contributed by atoms with Crippen LogP contribution in [0.5, 0.6) is 0 Å². The molecule has 0 radical (unpaired) electrons. The Morgan fingerprint density at radius 3 is 2.70 bits per heavy atom. The van der Waals surface area contributed by atoms with E-state index in [1.54, 1.807) is 34.3 Å². The quantitative estimate of drug-likeness (QED) is 0.702. The van der Waals surface area contributed by atoms with Gasteiger partial charge < -0.3 is 4.57 Å². The van der Waals surface area contributed by atoms with Gasteiger partial charge in [0.15, 0.2) is 4.80 Å². The van der Waals surface area contributed by atoms with E-state index in [0.717, 1.165) is 12.8 Å². The van der Waals surface area contributed by atoms with E-state index in [2.05, 4.69) is 4.99 Å². The van der Waals surface area contributed by atoms with Crippen molar-refractivity contribution in [1.82, 2.24) is 8.87 Å². The van der Waals surface area contributed by atoms with Crippen LogP contribution >= 0.6 is 11.3 Å². The van der Waals surface area contributed by atoms with Crippen molar-refractivity contribution in [2.75, 3.05) is 18.8 Å². The third kappa shape index (κ3) is 5.33. The molecule has 0 saturated carbocycles. The molecule has 0 N–H and O–H groups in total. The molecule has 3 rings (SSSR count). The second-order valence-corrected chi connectivity index (χ2v) is 9.40. The molecule has 0 unspecified atom stereocenters. The lowest BCUT2D eigenvalue weighted by atomic mass is 10.2. The van der Waals surface area contributed by atoms with Gasteiger partial charge >= 0.3 is 0 Å². The van der Waals surface area contributed by atoms with Crippen molar-refractivity contribution in [2.45, 2.75) is 32.2 Å². The van der Waals surface area contributed by atoms with Gasteiger partial charge in [-0.2, -0.15) is 4.99 Å². The number of benzene rings is 1. The van der Waals surface area contributed by atoms with Crippen LogP contribution < -0.4 is 4.80 Å². The summed E-state index contributed by atoms with van der Waals surface area (Å²) < 4.78 is 41.4. The van der Waals surface area contributed by atoms with Crippen LogP contribution in [0.25, 0.3) is 0 Å². The highest BCUT2D eigenvalue weighted by Gasteiger charge is 2.24. The summed E-state index contributed by atoms with van der Waals surface area (Å²) in [5.41, 5.74) is 0.515. The molecule has 1 amide bonds. The number of carbonyl (C=O) groups excluding carboxylic acids is 1. The number of amides is 1. The summed E-state index contributed by atoms with van der Waals surface area (Å²) in [5.74, 6) is -0.703. The van der Waals surface area contributed by atoms with Crippen LogP contribution in [-0.2, 0) is 21.4 Å². The van der Waals surface area contributed by atoms with E-state index in [0.29, 0.717) is 23.5 Å². The molecule has 1 aliphatic heterocycles. The molecule has 0 atom stereocenters. The molecule has 27 heavy (non-hydrogen) atoms. The zero-order chi connectivity index (χ0) is 19.3. The predicted molar refractivity (Wildman–Crippen MR) is 102 cm³/mol. The predicted octanol–water partition coefficient (Wildman–Crippen LogP) is 2.37. The van der Waals surface area contributed by atoms with E-state index in [9.17, 15) is 17.6 Å². The van der Waals surface area contributed by atoms with Gasteiger partial charge in [0.25, 0.3) is 0 Å². The largest absolute Gasteiger partial charge is 0.319 e. The van der Waals surface area contributed by atoms with Crippen LogP contribution in [-0.4, -0.2) is 42.0 Å².